The standard InChI is InChI=1S/C12H13BrO/c1-12(13)9-4-2-3-5-6(4)10(12)8(5)11(14)7(3)9/h3-10H,2H2,1H3/t3-,4-,5+,6?,7-,8+,9-,10-,12+/m1/s1. The maximum absolute atomic E-state index is 12.2. The van der Waals surface area contributed by atoms with Gasteiger partial charge in [-0.15, -0.1) is 0 Å². The van der Waals surface area contributed by atoms with E-state index in [1.54, 1.807) is 0 Å². The molecule has 14 heavy (non-hydrogen) atoms. The van der Waals surface area contributed by atoms with Crippen LogP contribution in [0.3, 0.4) is 0 Å². The van der Waals surface area contributed by atoms with Gasteiger partial charge in [-0.1, -0.05) is 15.9 Å². The highest BCUT2D eigenvalue weighted by molar-refractivity contribution is 9.10. The molecule has 0 aromatic heterocycles. The number of carbonyl (C=O) groups excluding carboxylic acids is 1. The van der Waals surface area contributed by atoms with E-state index in [1.807, 2.05) is 0 Å². The summed E-state index contributed by atoms with van der Waals surface area (Å²) in [6, 6.07) is 0. The van der Waals surface area contributed by atoms with Gasteiger partial charge in [0.05, 0.1) is 0 Å². The van der Waals surface area contributed by atoms with E-state index < -0.39 is 0 Å². The molecule has 5 rings (SSSR count). The minimum atomic E-state index is 0.327. The maximum atomic E-state index is 12.2. The van der Waals surface area contributed by atoms with Crippen LogP contribution in [0.2, 0.25) is 0 Å². The van der Waals surface area contributed by atoms with Gasteiger partial charge in [0.1, 0.15) is 5.78 Å². The maximum Gasteiger partial charge on any atom is 0.140 e. The fourth-order valence-corrected chi connectivity index (χ4v) is 7.76. The van der Waals surface area contributed by atoms with E-state index in [0.29, 0.717) is 27.9 Å². The van der Waals surface area contributed by atoms with E-state index in [9.17, 15) is 4.79 Å². The molecule has 0 radical (unpaired) electrons. The van der Waals surface area contributed by atoms with Crippen LogP contribution in [-0.4, -0.2) is 10.1 Å². The third-order valence-electron chi connectivity index (χ3n) is 6.46. The van der Waals surface area contributed by atoms with Crippen molar-refractivity contribution < 1.29 is 4.79 Å². The van der Waals surface area contributed by atoms with Crippen molar-refractivity contribution in [3.8, 4) is 0 Å². The average molecular weight is 253 g/mol. The molecule has 5 aliphatic rings. The lowest BCUT2D eigenvalue weighted by Gasteiger charge is -2.49. The zero-order valence-electron chi connectivity index (χ0n) is 8.11. The van der Waals surface area contributed by atoms with Gasteiger partial charge in [-0.05, 0) is 48.9 Å². The number of hydrogen-bond acceptors (Lipinski definition) is 1. The summed E-state index contributed by atoms with van der Waals surface area (Å²) in [5, 5.41) is 0. The van der Waals surface area contributed by atoms with E-state index in [4.69, 9.17) is 0 Å². The minimum absolute atomic E-state index is 0.327. The number of ketones is 1. The minimum Gasteiger partial charge on any atom is -0.299 e. The highest BCUT2D eigenvalue weighted by atomic mass is 79.9. The van der Waals surface area contributed by atoms with Gasteiger partial charge >= 0.3 is 0 Å². The molecule has 1 nitrogen and oxygen atoms in total. The molecule has 0 spiro atoms. The molecule has 0 aliphatic heterocycles. The van der Waals surface area contributed by atoms with Crippen LogP contribution in [0, 0.1) is 47.3 Å². The summed E-state index contributed by atoms with van der Waals surface area (Å²) in [7, 11) is 0. The third-order valence-corrected chi connectivity index (χ3v) is 7.52. The number of carbonyl (C=O) groups is 1. The molecule has 74 valence electrons. The lowest BCUT2D eigenvalue weighted by molar-refractivity contribution is -0.134. The lowest BCUT2D eigenvalue weighted by Crippen LogP contribution is -2.53. The molecule has 1 unspecified atom stereocenters. The molecule has 0 saturated heterocycles. The second-order valence-electron chi connectivity index (χ2n) is 6.37. The van der Waals surface area contributed by atoms with Crippen molar-refractivity contribution in [1.82, 2.24) is 0 Å². The molecule has 0 N–H and O–H groups in total. The molecule has 5 aliphatic carbocycles. The predicted octanol–water partition coefficient (Wildman–Crippen LogP) is 2.10. The van der Waals surface area contributed by atoms with Gasteiger partial charge in [0.15, 0.2) is 0 Å². The SMILES string of the molecule is C[C@]1(Br)[C@H]2[C@@H]3C(=O)[C@H]4[C@@H]5C([C@H]2C[C@@H]35)[C@H]41. The summed E-state index contributed by atoms with van der Waals surface area (Å²) < 4.78 is 0.327. The Morgan fingerprint density at radius 3 is 2.79 bits per heavy atom. The molecule has 0 amide bonds. The Balaban J connectivity index is 1.87. The molecular formula is C12H13BrO. The van der Waals surface area contributed by atoms with Crippen LogP contribution in [0.15, 0.2) is 0 Å². The Kier molecular flexibility index (Phi) is 0.883. The van der Waals surface area contributed by atoms with E-state index >= 15 is 0 Å². The van der Waals surface area contributed by atoms with E-state index in [1.165, 1.54) is 6.42 Å². The van der Waals surface area contributed by atoms with Crippen molar-refractivity contribution in [1.29, 1.82) is 0 Å². The number of halogens is 1. The van der Waals surface area contributed by atoms with Crippen molar-refractivity contribution >= 4 is 21.7 Å². The van der Waals surface area contributed by atoms with Crippen molar-refractivity contribution in [2.75, 3.05) is 0 Å². The van der Waals surface area contributed by atoms with Crippen LogP contribution in [0.4, 0.5) is 0 Å². The van der Waals surface area contributed by atoms with Gasteiger partial charge in [0.25, 0.3) is 0 Å². The van der Waals surface area contributed by atoms with Gasteiger partial charge in [-0.3, -0.25) is 4.79 Å². The van der Waals surface area contributed by atoms with Crippen LogP contribution in [0.5, 0.6) is 0 Å². The number of hydrogen-bond donors (Lipinski definition) is 0. The highest BCUT2D eigenvalue weighted by Gasteiger charge is 2.86. The number of alkyl halides is 1. The Morgan fingerprint density at radius 2 is 2.00 bits per heavy atom. The largest absolute Gasteiger partial charge is 0.299 e. The van der Waals surface area contributed by atoms with Crippen LogP contribution < -0.4 is 0 Å². The quantitative estimate of drug-likeness (QED) is 0.604. The van der Waals surface area contributed by atoms with Crippen molar-refractivity contribution in [3.63, 3.8) is 0 Å². The van der Waals surface area contributed by atoms with Gasteiger partial charge in [-0.25, -0.2) is 0 Å². The third kappa shape index (κ3) is 0.417. The Labute approximate surface area is 91.8 Å². The molecular weight excluding hydrogens is 240 g/mol. The zero-order valence-corrected chi connectivity index (χ0v) is 9.70. The predicted molar refractivity (Wildman–Crippen MR) is 54.9 cm³/mol. The molecule has 0 aromatic rings. The average Bonchev–Trinajstić information content (AvgIpc) is 2.52. The first-order valence-corrected chi connectivity index (χ1v) is 6.66. The van der Waals surface area contributed by atoms with E-state index in [0.717, 1.165) is 29.6 Å². The first kappa shape index (κ1) is 7.43. The Bertz CT molecular complexity index is 388. The van der Waals surface area contributed by atoms with Crippen LogP contribution >= 0.6 is 15.9 Å². The summed E-state index contributed by atoms with van der Waals surface area (Å²) in [5.41, 5.74) is 0. The summed E-state index contributed by atoms with van der Waals surface area (Å²) in [6.07, 6.45) is 1.39. The van der Waals surface area contributed by atoms with Crippen LogP contribution in [0.1, 0.15) is 13.3 Å². The van der Waals surface area contributed by atoms with Gasteiger partial charge in [-0.2, -0.15) is 0 Å². The summed E-state index contributed by atoms with van der Waals surface area (Å²) in [6.45, 7) is 2.37. The van der Waals surface area contributed by atoms with Crippen LogP contribution in [-0.2, 0) is 4.79 Å². The van der Waals surface area contributed by atoms with Crippen LogP contribution in [0.25, 0.3) is 0 Å². The molecule has 0 heterocycles. The lowest BCUT2D eigenvalue weighted by atomic mass is 9.57. The molecule has 0 aromatic carbocycles. The second kappa shape index (κ2) is 1.66. The monoisotopic (exact) mass is 252 g/mol. The summed E-state index contributed by atoms with van der Waals surface area (Å²) in [5.74, 6) is 6.61. The number of fused-ring (bicyclic) bond motifs is 2. The molecule has 5 fully saturated rings. The fraction of sp³-hybridized carbons (Fsp3) is 0.917. The molecule has 2 bridgehead atoms. The van der Waals surface area contributed by atoms with E-state index in [2.05, 4.69) is 22.9 Å². The summed E-state index contributed by atoms with van der Waals surface area (Å²) >= 11 is 3.97. The highest BCUT2D eigenvalue weighted by Crippen LogP contribution is 2.85. The van der Waals surface area contributed by atoms with Gasteiger partial charge < -0.3 is 0 Å². The molecule has 2 heteroatoms. The molecule has 5 saturated carbocycles. The van der Waals surface area contributed by atoms with E-state index in [-0.39, 0.29) is 0 Å². The number of Topliss-reactive ketones (excluding diaryl/α,β-unsaturated/α-hetero) is 1. The second-order valence-corrected chi connectivity index (χ2v) is 8.08. The fourth-order valence-electron chi connectivity index (χ4n) is 6.54. The topological polar surface area (TPSA) is 17.1 Å². The van der Waals surface area contributed by atoms with Gasteiger partial charge in [0, 0.05) is 16.2 Å². The normalized spacial score (nSPS) is 80.3. The Hall–Kier alpha value is 0.150. The van der Waals surface area contributed by atoms with Gasteiger partial charge in [0.2, 0.25) is 0 Å². The summed E-state index contributed by atoms with van der Waals surface area (Å²) in [4.78, 5) is 12.2. The first-order valence-electron chi connectivity index (χ1n) is 5.86. The van der Waals surface area contributed by atoms with Crippen molar-refractivity contribution in [2.24, 2.45) is 47.3 Å². The molecule has 9 atom stereocenters. The first-order chi connectivity index (χ1) is 6.64. The van der Waals surface area contributed by atoms with Crippen molar-refractivity contribution in [2.45, 2.75) is 17.7 Å². The zero-order chi connectivity index (χ0) is 9.40. The van der Waals surface area contributed by atoms with Crippen molar-refractivity contribution in [3.05, 3.63) is 0 Å². The smallest absolute Gasteiger partial charge is 0.140 e. The number of rotatable bonds is 0. The Morgan fingerprint density at radius 1 is 1.21 bits per heavy atom.